The van der Waals surface area contributed by atoms with Crippen LogP contribution >= 0.6 is 12.4 Å². The van der Waals surface area contributed by atoms with Crippen molar-refractivity contribution in [3.63, 3.8) is 0 Å². The van der Waals surface area contributed by atoms with E-state index in [1.54, 1.807) is 12.1 Å². The van der Waals surface area contributed by atoms with Crippen LogP contribution in [0.5, 0.6) is 5.75 Å². The zero-order valence-corrected chi connectivity index (χ0v) is 13.1. The third-order valence-electron chi connectivity index (χ3n) is 3.90. The van der Waals surface area contributed by atoms with Crippen LogP contribution in [0, 0.1) is 6.92 Å². The second kappa shape index (κ2) is 5.44. The lowest BCUT2D eigenvalue weighted by Crippen LogP contribution is -2.03. The molecule has 0 radical (unpaired) electrons. The molecule has 0 spiro atoms. The third-order valence-corrected chi connectivity index (χ3v) is 3.90. The van der Waals surface area contributed by atoms with E-state index in [-0.39, 0.29) is 23.7 Å². The van der Waals surface area contributed by atoms with Gasteiger partial charge in [-0.05, 0) is 37.3 Å². The molecule has 4 rings (SSSR count). The van der Waals surface area contributed by atoms with Gasteiger partial charge in [-0.3, -0.25) is 4.79 Å². The fourth-order valence-corrected chi connectivity index (χ4v) is 2.82. The Balaban J connectivity index is 0.00000156. The van der Waals surface area contributed by atoms with E-state index in [4.69, 9.17) is 0 Å². The molecule has 0 aliphatic heterocycles. The summed E-state index contributed by atoms with van der Waals surface area (Å²) in [5.74, 6) is 0.0536. The fourth-order valence-electron chi connectivity index (χ4n) is 2.82. The van der Waals surface area contributed by atoms with Gasteiger partial charge in [0.15, 0.2) is 0 Å². The van der Waals surface area contributed by atoms with Crippen LogP contribution in [-0.2, 0) is 0 Å². The van der Waals surface area contributed by atoms with E-state index in [2.05, 4.69) is 9.97 Å². The minimum Gasteiger partial charge on any atom is -0.506 e. The summed E-state index contributed by atoms with van der Waals surface area (Å²) >= 11 is 0. The standard InChI is InChI=1S/C17H13N3O2.ClH/c1-10-16(18-14-4-2-3-9-20(10)14)11-5-7-13(21)17-12(11)6-8-15(22)19-17;/h2-9,21H,1H3,(H,19,22);1H. The van der Waals surface area contributed by atoms with Crippen LogP contribution in [0.3, 0.4) is 0 Å². The highest BCUT2D eigenvalue weighted by Crippen LogP contribution is 2.33. The molecule has 0 atom stereocenters. The Morgan fingerprint density at radius 1 is 1.13 bits per heavy atom. The van der Waals surface area contributed by atoms with Crippen molar-refractivity contribution in [2.45, 2.75) is 6.92 Å². The van der Waals surface area contributed by atoms with Gasteiger partial charge in [0.05, 0.1) is 11.2 Å². The van der Waals surface area contributed by atoms with Crippen LogP contribution in [0.15, 0.2) is 53.5 Å². The van der Waals surface area contributed by atoms with Gasteiger partial charge in [-0.2, -0.15) is 0 Å². The molecule has 5 nitrogen and oxygen atoms in total. The zero-order valence-electron chi connectivity index (χ0n) is 12.3. The number of aryl methyl sites for hydroxylation is 1. The minimum atomic E-state index is -0.244. The van der Waals surface area contributed by atoms with Crippen LogP contribution < -0.4 is 5.56 Å². The summed E-state index contributed by atoms with van der Waals surface area (Å²) in [7, 11) is 0. The number of aromatic hydroxyl groups is 1. The van der Waals surface area contributed by atoms with Gasteiger partial charge in [0.1, 0.15) is 11.4 Å². The number of hydrogen-bond acceptors (Lipinski definition) is 3. The molecule has 4 aromatic rings. The van der Waals surface area contributed by atoms with Crippen molar-refractivity contribution in [2.75, 3.05) is 0 Å². The molecule has 2 N–H and O–H groups in total. The first-order valence-electron chi connectivity index (χ1n) is 6.94. The molecule has 3 heterocycles. The number of phenols is 1. The average Bonchev–Trinajstić information content (AvgIpc) is 2.86. The summed E-state index contributed by atoms with van der Waals surface area (Å²) in [6, 6.07) is 12.4. The maximum Gasteiger partial charge on any atom is 0.248 e. The summed E-state index contributed by atoms with van der Waals surface area (Å²) in [6.07, 6.45) is 1.96. The molecule has 0 saturated heterocycles. The monoisotopic (exact) mass is 327 g/mol. The number of hydrogen-bond donors (Lipinski definition) is 2. The topological polar surface area (TPSA) is 70.4 Å². The summed E-state index contributed by atoms with van der Waals surface area (Å²) < 4.78 is 2.01. The molecule has 0 amide bonds. The van der Waals surface area contributed by atoms with Gasteiger partial charge in [0, 0.05) is 28.9 Å². The van der Waals surface area contributed by atoms with Crippen LogP contribution in [0.1, 0.15) is 5.69 Å². The van der Waals surface area contributed by atoms with Crippen molar-refractivity contribution in [3.05, 3.63) is 64.7 Å². The first-order chi connectivity index (χ1) is 10.6. The Hall–Kier alpha value is -2.79. The van der Waals surface area contributed by atoms with E-state index >= 15 is 0 Å². The number of fused-ring (bicyclic) bond motifs is 2. The first-order valence-corrected chi connectivity index (χ1v) is 6.94. The highest BCUT2D eigenvalue weighted by Gasteiger charge is 2.14. The second-order valence-electron chi connectivity index (χ2n) is 5.22. The number of benzene rings is 1. The molecule has 3 aromatic heterocycles. The number of halogens is 1. The highest BCUT2D eigenvalue weighted by atomic mass is 35.5. The maximum absolute atomic E-state index is 11.5. The summed E-state index contributed by atoms with van der Waals surface area (Å²) in [6.45, 7) is 2.00. The average molecular weight is 328 g/mol. The Bertz CT molecular complexity index is 1080. The predicted octanol–water partition coefficient (Wildman–Crippen LogP) is 3.28. The largest absolute Gasteiger partial charge is 0.506 e. The highest BCUT2D eigenvalue weighted by molar-refractivity contribution is 5.97. The van der Waals surface area contributed by atoms with Gasteiger partial charge in [-0.1, -0.05) is 6.07 Å². The fraction of sp³-hybridized carbons (Fsp3) is 0.0588. The zero-order chi connectivity index (χ0) is 15.3. The van der Waals surface area contributed by atoms with Crippen molar-refractivity contribution in [1.29, 1.82) is 0 Å². The minimum absolute atomic E-state index is 0. The van der Waals surface area contributed by atoms with Crippen molar-refractivity contribution >= 4 is 29.0 Å². The Labute approximate surface area is 137 Å². The van der Waals surface area contributed by atoms with E-state index in [0.29, 0.717) is 5.52 Å². The van der Waals surface area contributed by atoms with Gasteiger partial charge in [0.25, 0.3) is 0 Å². The molecule has 0 aliphatic rings. The van der Waals surface area contributed by atoms with Gasteiger partial charge in [0.2, 0.25) is 5.56 Å². The maximum atomic E-state index is 11.5. The molecule has 0 aliphatic carbocycles. The van der Waals surface area contributed by atoms with E-state index in [9.17, 15) is 9.90 Å². The lowest BCUT2D eigenvalue weighted by Gasteiger charge is -2.06. The van der Waals surface area contributed by atoms with Gasteiger partial charge in [-0.15, -0.1) is 12.4 Å². The molecular formula is C17H14ClN3O2. The van der Waals surface area contributed by atoms with E-state index in [0.717, 1.165) is 28.0 Å². The Morgan fingerprint density at radius 2 is 1.96 bits per heavy atom. The molecule has 23 heavy (non-hydrogen) atoms. The Morgan fingerprint density at radius 3 is 2.74 bits per heavy atom. The number of phenolic OH excluding ortho intramolecular Hbond substituents is 1. The van der Waals surface area contributed by atoms with Crippen molar-refractivity contribution in [2.24, 2.45) is 0 Å². The lowest BCUT2D eigenvalue weighted by molar-refractivity contribution is 0.480. The molecule has 0 fully saturated rings. The van der Waals surface area contributed by atoms with Gasteiger partial charge >= 0.3 is 0 Å². The normalized spacial score (nSPS) is 10.8. The number of aromatic nitrogens is 3. The lowest BCUT2D eigenvalue weighted by atomic mass is 10.0. The van der Waals surface area contributed by atoms with Crippen LogP contribution in [-0.4, -0.2) is 19.5 Å². The van der Waals surface area contributed by atoms with Crippen LogP contribution in [0.2, 0.25) is 0 Å². The van der Waals surface area contributed by atoms with E-state index < -0.39 is 0 Å². The number of nitrogens with zero attached hydrogens (tertiary/aromatic N) is 2. The number of H-pyrrole nitrogens is 1. The molecule has 116 valence electrons. The van der Waals surface area contributed by atoms with Crippen LogP contribution in [0.25, 0.3) is 27.8 Å². The smallest absolute Gasteiger partial charge is 0.248 e. The molecule has 0 bridgehead atoms. The van der Waals surface area contributed by atoms with E-state index in [1.165, 1.54) is 6.07 Å². The van der Waals surface area contributed by atoms with Gasteiger partial charge in [-0.25, -0.2) is 4.98 Å². The number of aromatic amines is 1. The third kappa shape index (κ3) is 2.26. The summed E-state index contributed by atoms with van der Waals surface area (Å²) in [5.41, 5.74) is 3.77. The van der Waals surface area contributed by atoms with E-state index in [1.807, 2.05) is 41.8 Å². The van der Waals surface area contributed by atoms with Crippen molar-refractivity contribution < 1.29 is 5.11 Å². The second-order valence-corrected chi connectivity index (χ2v) is 5.22. The summed E-state index contributed by atoms with van der Waals surface area (Å²) in [5, 5.41) is 10.7. The molecule has 0 saturated carbocycles. The molecule has 0 unspecified atom stereocenters. The van der Waals surface area contributed by atoms with Crippen molar-refractivity contribution in [1.82, 2.24) is 14.4 Å². The first kappa shape index (κ1) is 15.1. The Kier molecular flexibility index (Phi) is 3.58. The van der Waals surface area contributed by atoms with Gasteiger partial charge < -0.3 is 14.5 Å². The predicted molar refractivity (Wildman–Crippen MR) is 92.4 cm³/mol. The SMILES string of the molecule is Cc1c(-c2ccc(O)c3[nH]c(=O)ccc23)nc2ccccn12.Cl. The number of imidazole rings is 1. The molecular weight excluding hydrogens is 314 g/mol. The molecule has 1 aromatic carbocycles. The number of rotatable bonds is 1. The quantitative estimate of drug-likeness (QED) is 0.563. The summed E-state index contributed by atoms with van der Waals surface area (Å²) in [4.78, 5) is 18.9. The number of nitrogens with one attached hydrogen (secondary N) is 1. The molecule has 6 heteroatoms. The number of pyridine rings is 2. The van der Waals surface area contributed by atoms with Crippen LogP contribution in [0.4, 0.5) is 0 Å². The van der Waals surface area contributed by atoms with Crippen molar-refractivity contribution in [3.8, 4) is 17.0 Å².